The lowest BCUT2D eigenvalue weighted by Crippen LogP contribution is -2.29. The third-order valence-corrected chi connectivity index (χ3v) is 4.32. The lowest BCUT2D eigenvalue weighted by Gasteiger charge is -2.15. The van der Waals surface area contributed by atoms with Gasteiger partial charge in [-0.15, -0.1) is 0 Å². The molecule has 0 aromatic carbocycles. The van der Waals surface area contributed by atoms with Crippen molar-refractivity contribution in [2.24, 2.45) is 5.92 Å². The Bertz CT molecular complexity index is 512. The van der Waals surface area contributed by atoms with Gasteiger partial charge in [-0.2, -0.15) is 5.10 Å². The van der Waals surface area contributed by atoms with Gasteiger partial charge in [-0.3, -0.25) is 9.48 Å². The van der Waals surface area contributed by atoms with Gasteiger partial charge in [-0.05, 0) is 33.2 Å². The van der Waals surface area contributed by atoms with Gasteiger partial charge in [0, 0.05) is 26.7 Å². The standard InChI is InChI=1S/C16H28N4O2/c1-5-7-20-13(3)15(12(2)18-20)17-16(21)14-6-8-19(11-14)9-10-22-4/h14H,5-11H2,1-4H3,(H,17,21). The van der Waals surface area contributed by atoms with Gasteiger partial charge in [0.2, 0.25) is 5.91 Å². The van der Waals surface area contributed by atoms with E-state index in [4.69, 9.17) is 4.74 Å². The van der Waals surface area contributed by atoms with E-state index in [1.165, 1.54) is 0 Å². The van der Waals surface area contributed by atoms with Gasteiger partial charge in [-0.25, -0.2) is 0 Å². The number of hydrogen-bond acceptors (Lipinski definition) is 4. The van der Waals surface area contributed by atoms with E-state index in [1.807, 2.05) is 18.5 Å². The third kappa shape index (κ3) is 3.87. The summed E-state index contributed by atoms with van der Waals surface area (Å²) in [6.07, 6.45) is 1.95. The number of anilines is 1. The Morgan fingerprint density at radius 1 is 1.41 bits per heavy atom. The van der Waals surface area contributed by atoms with E-state index >= 15 is 0 Å². The second-order valence-corrected chi connectivity index (χ2v) is 6.04. The summed E-state index contributed by atoms with van der Waals surface area (Å²) >= 11 is 0. The first kappa shape index (κ1) is 17.0. The third-order valence-electron chi connectivity index (χ3n) is 4.32. The molecule has 1 N–H and O–H groups in total. The lowest BCUT2D eigenvalue weighted by atomic mass is 10.1. The molecule has 0 bridgehead atoms. The second-order valence-electron chi connectivity index (χ2n) is 6.04. The van der Waals surface area contributed by atoms with Crippen LogP contribution < -0.4 is 5.32 Å². The minimum Gasteiger partial charge on any atom is -0.383 e. The second kappa shape index (κ2) is 7.74. The number of rotatable bonds is 7. The van der Waals surface area contributed by atoms with Gasteiger partial charge in [0.15, 0.2) is 0 Å². The highest BCUT2D eigenvalue weighted by Gasteiger charge is 2.29. The van der Waals surface area contributed by atoms with Crippen molar-refractivity contribution in [3.05, 3.63) is 11.4 Å². The van der Waals surface area contributed by atoms with Crippen LogP contribution >= 0.6 is 0 Å². The van der Waals surface area contributed by atoms with Crippen LogP contribution in [-0.4, -0.2) is 53.9 Å². The van der Waals surface area contributed by atoms with E-state index in [0.717, 1.165) is 62.7 Å². The number of carbonyl (C=O) groups is 1. The smallest absolute Gasteiger partial charge is 0.228 e. The minimum absolute atomic E-state index is 0.0604. The molecular weight excluding hydrogens is 280 g/mol. The average molecular weight is 308 g/mol. The number of ether oxygens (including phenoxy) is 1. The monoisotopic (exact) mass is 308 g/mol. The average Bonchev–Trinajstić information content (AvgIpc) is 3.06. The van der Waals surface area contributed by atoms with Crippen LogP contribution in [0.1, 0.15) is 31.2 Å². The fraction of sp³-hybridized carbons (Fsp3) is 0.750. The predicted octanol–water partition coefficient (Wildman–Crippen LogP) is 1.82. The van der Waals surface area contributed by atoms with Gasteiger partial charge in [0.25, 0.3) is 0 Å². The molecule has 1 aliphatic heterocycles. The minimum atomic E-state index is 0.0604. The molecule has 0 radical (unpaired) electrons. The van der Waals surface area contributed by atoms with Crippen LogP contribution in [0, 0.1) is 19.8 Å². The quantitative estimate of drug-likeness (QED) is 0.835. The molecule has 0 saturated carbocycles. The van der Waals surface area contributed by atoms with Crippen molar-refractivity contribution in [3.8, 4) is 0 Å². The Morgan fingerprint density at radius 2 is 2.18 bits per heavy atom. The molecule has 6 heteroatoms. The van der Waals surface area contributed by atoms with Crippen LogP contribution in [0.25, 0.3) is 0 Å². The van der Waals surface area contributed by atoms with Crippen molar-refractivity contribution in [1.82, 2.24) is 14.7 Å². The van der Waals surface area contributed by atoms with Crippen LogP contribution in [0.4, 0.5) is 5.69 Å². The fourth-order valence-corrected chi connectivity index (χ4v) is 3.00. The van der Waals surface area contributed by atoms with Crippen molar-refractivity contribution in [2.45, 2.75) is 40.2 Å². The summed E-state index contributed by atoms with van der Waals surface area (Å²) < 4.78 is 7.08. The molecule has 1 aliphatic rings. The van der Waals surface area contributed by atoms with Crippen LogP contribution in [0.3, 0.4) is 0 Å². The Hall–Kier alpha value is -1.40. The first-order valence-electron chi connectivity index (χ1n) is 8.13. The largest absolute Gasteiger partial charge is 0.383 e. The number of hydrogen-bond donors (Lipinski definition) is 1. The summed E-state index contributed by atoms with van der Waals surface area (Å²) in [6.45, 7) is 10.4. The highest BCUT2D eigenvalue weighted by molar-refractivity contribution is 5.94. The van der Waals surface area contributed by atoms with Gasteiger partial charge in [0.1, 0.15) is 0 Å². The Balaban J connectivity index is 1.95. The number of likely N-dealkylation sites (tertiary alicyclic amines) is 1. The van der Waals surface area contributed by atoms with Crippen molar-refractivity contribution in [3.63, 3.8) is 0 Å². The summed E-state index contributed by atoms with van der Waals surface area (Å²) in [6, 6.07) is 0. The van der Waals surface area contributed by atoms with Crippen LogP contribution in [0.5, 0.6) is 0 Å². The van der Waals surface area contributed by atoms with Crippen LogP contribution in [-0.2, 0) is 16.1 Å². The molecule has 0 spiro atoms. The normalized spacial score (nSPS) is 18.8. The zero-order chi connectivity index (χ0) is 16.1. The van der Waals surface area contributed by atoms with E-state index in [-0.39, 0.29) is 11.8 Å². The summed E-state index contributed by atoms with van der Waals surface area (Å²) in [5, 5.41) is 7.61. The molecule has 124 valence electrons. The maximum Gasteiger partial charge on any atom is 0.228 e. The Kier molecular flexibility index (Phi) is 5.97. The summed E-state index contributed by atoms with van der Waals surface area (Å²) in [5.74, 6) is 0.173. The van der Waals surface area contributed by atoms with E-state index in [9.17, 15) is 4.79 Å². The van der Waals surface area contributed by atoms with E-state index in [0.29, 0.717) is 0 Å². The Morgan fingerprint density at radius 3 is 2.86 bits per heavy atom. The number of carbonyl (C=O) groups excluding carboxylic acids is 1. The topological polar surface area (TPSA) is 59.4 Å². The molecule has 1 unspecified atom stereocenters. The molecule has 1 aromatic rings. The van der Waals surface area contributed by atoms with E-state index in [2.05, 4.69) is 22.2 Å². The summed E-state index contributed by atoms with van der Waals surface area (Å²) in [7, 11) is 1.71. The Labute approximate surface area is 132 Å². The van der Waals surface area contributed by atoms with Gasteiger partial charge < -0.3 is 15.0 Å². The SMILES string of the molecule is CCCn1nc(C)c(NC(=O)C2CCN(CCOC)C2)c1C. The molecule has 0 aliphatic carbocycles. The summed E-state index contributed by atoms with van der Waals surface area (Å²) in [5.41, 5.74) is 2.82. The van der Waals surface area contributed by atoms with Crippen molar-refractivity contribution < 1.29 is 9.53 Å². The zero-order valence-corrected chi connectivity index (χ0v) is 14.2. The molecule has 1 amide bonds. The van der Waals surface area contributed by atoms with Gasteiger partial charge >= 0.3 is 0 Å². The molecule has 2 heterocycles. The van der Waals surface area contributed by atoms with Crippen molar-refractivity contribution >= 4 is 11.6 Å². The molecule has 1 aromatic heterocycles. The highest BCUT2D eigenvalue weighted by Crippen LogP contribution is 2.23. The number of nitrogens with one attached hydrogen (secondary N) is 1. The predicted molar refractivity (Wildman–Crippen MR) is 87.0 cm³/mol. The fourth-order valence-electron chi connectivity index (χ4n) is 3.00. The number of aryl methyl sites for hydroxylation is 2. The molecule has 1 atom stereocenters. The molecule has 1 saturated heterocycles. The van der Waals surface area contributed by atoms with E-state index in [1.54, 1.807) is 7.11 Å². The first-order chi connectivity index (χ1) is 10.6. The van der Waals surface area contributed by atoms with Crippen LogP contribution in [0.15, 0.2) is 0 Å². The summed E-state index contributed by atoms with van der Waals surface area (Å²) in [4.78, 5) is 14.8. The molecule has 1 fully saturated rings. The van der Waals surface area contributed by atoms with E-state index < -0.39 is 0 Å². The maximum atomic E-state index is 12.5. The van der Waals surface area contributed by atoms with Gasteiger partial charge in [0.05, 0.1) is 29.6 Å². The number of aromatic nitrogens is 2. The van der Waals surface area contributed by atoms with Gasteiger partial charge in [-0.1, -0.05) is 6.92 Å². The zero-order valence-electron chi connectivity index (χ0n) is 14.2. The van der Waals surface area contributed by atoms with Crippen molar-refractivity contribution in [2.75, 3.05) is 38.7 Å². The molecule has 2 rings (SSSR count). The molecule has 22 heavy (non-hydrogen) atoms. The molecule has 6 nitrogen and oxygen atoms in total. The number of nitrogens with zero attached hydrogens (tertiary/aromatic N) is 3. The lowest BCUT2D eigenvalue weighted by molar-refractivity contribution is -0.119. The number of methoxy groups -OCH3 is 1. The van der Waals surface area contributed by atoms with Crippen molar-refractivity contribution in [1.29, 1.82) is 0 Å². The highest BCUT2D eigenvalue weighted by atomic mass is 16.5. The van der Waals surface area contributed by atoms with Crippen LogP contribution in [0.2, 0.25) is 0 Å². The number of amides is 1. The maximum absolute atomic E-state index is 12.5. The first-order valence-corrected chi connectivity index (χ1v) is 8.13. The molecular formula is C16H28N4O2.